The summed E-state index contributed by atoms with van der Waals surface area (Å²) in [5, 5.41) is 2.84. The number of nitrogens with one attached hydrogen (secondary N) is 1. The highest BCUT2D eigenvalue weighted by Crippen LogP contribution is 2.32. The highest BCUT2D eigenvalue weighted by atomic mass is 32.2. The Hall–Kier alpha value is -1.20. The highest BCUT2D eigenvalue weighted by Gasteiger charge is 2.21. The quantitative estimate of drug-likeness (QED) is 0.793. The fraction of sp³-hybridized carbons (Fsp3) is 0.462. The second-order valence-corrected chi connectivity index (χ2v) is 5.17. The molecule has 18 heavy (non-hydrogen) atoms. The molecule has 2 rings (SSSR count). The maximum Gasteiger partial charge on any atom is 0.176 e. The standard InChI is InChI=1S/C13H17NO3S/c1-14-6-11(15)9-3-4-12(13(5-9)16-2)17-10-7-18-8-10/h3-5,10,14H,6-8H2,1-2H3. The fourth-order valence-corrected chi connectivity index (χ4v) is 2.23. The number of benzene rings is 1. The molecule has 0 aliphatic carbocycles. The van der Waals surface area contributed by atoms with Gasteiger partial charge in [-0.15, -0.1) is 0 Å². The predicted molar refractivity (Wildman–Crippen MR) is 73.0 cm³/mol. The van der Waals surface area contributed by atoms with Crippen molar-refractivity contribution >= 4 is 17.5 Å². The van der Waals surface area contributed by atoms with E-state index in [1.807, 2.05) is 17.8 Å². The smallest absolute Gasteiger partial charge is 0.176 e. The van der Waals surface area contributed by atoms with E-state index >= 15 is 0 Å². The molecule has 0 amide bonds. The van der Waals surface area contributed by atoms with E-state index in [0.717, 1.165) is 11.5 Å². The van der Waals surface area contributed by atoms with Gasteiger partial charge < -0.3 is 14.8 Å². The third-order valence-electron chi connectivity index (χ3n) is 2.72. The first-order chi connectivity index (χ1) is 8.74. The molecule has 0 radical (unpaired) electrons. The number of rotatable bonds is 6. The summed E-state index contributed by atoms with van der Waals surface area (Å²) in [5.41, 5.74) is 0.636. The summed E-state index contributed by atoms with van der Waals surface area (Å²) in [6.45, 7) is 0.322. The van der Waals surface area contributed by atoms with Crippen LogP contribution in [0.4, 0.5) is 0 Å². The molecule has 98 valence electrons. The molecule has 1 aromatic carbocycles. The van der Waals surface area contributed by atoms with Crippen molar-refractivity contribution in [3.63, 3.8) is 0 Å². The zero-order valence-electron chi connectivity index (χ0n) is 10.6. The van der Waals surface area contributed by atoms with Crippen LogP contribution in [0.3, 0.4) is 0 Å². The average Bonchev–Trinajstić information content (AvgIpc) is 2.34. The number of carbonyl (C=O) groups excluding carboxylic acids is 1. The molecule has 0 spiro atoms. The van der Waals surface area contributed by atoms with Crippen LogP contribution < -0.4 is 14.8 Å². The Labute approximate surface area is 111 Å². The lowest BCUT2D eigenvalue weighted by Crippen LogP contribution is -2.31. The third-order valence-corrected chi connectivity index (χ3v) is 3.94. The SMILES string of the molecule is CNCC(=O)c1ccc(OC2CSC2)c(OC)c1. The van der Waals surface area contributed by atoms with Gasteiger partial charge in [-0.1, -0.05) is 0 Å². The first kappa shape index (κ1) is 13.2. The molecule has 1 aromatic rings. The topological polar surface area (TPSA) is 47.6 Å². The van der Waals surface area contributed by atoms with Gasteiger partial charge >= 0.3 is 0 Å². The second kappa shape index (κ2) is 6.11. The Balaban J connectivity index is 2.13. The summed E-state index contributed by atoms with van der Waals surface area (Å²) < 4.78 is 11.1. The van der Waals surface area contributed by atoms with Crippen LogP contribution in [0.25, 0.3) is 0 Å². The lowest BCUT2D eigenvalue weighted by molar-refractivity contribution is 0.0993. The minimum Gasteiger partial charge on any atom is -0.493 e. The van der Waals surface area contributed by atoms with E-state index in [1.54, 1.807) is 26.3 Å². The number of hydrogen-bond acceptors (Lipinski definition) is 5. The summed E-state index contributed by atoms with van der Waals surface area (Å²) in [7, 11) is 3.34. The lowest BCUT2D eigenvalue weighted by atomic mass is 10.1. The van der Waals surface area contributed by atoms with E-state index in [0.29, 0.717) is 23.6 Å². The van der Waals surface area contributed by atoms with Crippen LogP contribution in [0.1, 0.15) is 10.4 Å². The minimum atomic E-state index is 0.0431. The zero-order valence-corrected chi connectivity index (χ0v) is 11.4. The molecule has 4 nitrogen and oxygen atoms in total. The van der Waals surface area contributed by atoms with Crippen LogP contribution in [0, 0.1) is 0 Å². The maximum atomic E-state index is 11.8. The second-order valence-electron chi connectivity index (χ2n) is 4.10. The van der Waals surface area contributed by atoms with Crippen LogP contribution >= 0.6 is 11.8 Å². The molecule has 0 atom stereocenters. The van der Waals surface area contributed by atoms with Gasteiger partial charge in [-0.25, -0.2) is 0 Å². The Morgan fingerprint density at radius 1 is 1.44 bits per heavy atom. The van der Waals surface area contributed by atoms with Crippen LogP contribution in [0.5, 0.6) is 11.5 Å². The summed E-state index contributed by atoms with van der Waals surface area (Å²) >= 11 is 1.86. The number of thioether (sulfide) groups is 1. The summed E-state index contributed by atoms with van der Waals surface area (Å²) in [6, 6.07) is 5.33. The van der Waals surface area contributed by atoms with E-state index < -0.39 is 0 Å². The van der Waals surface area contributed by atoms with Crippen molar-refractivity contribution in [2.75, 3.05) is 32.2 Å². The molecule has 1 aliphatic rings. The molecule has 0 saturated carbocycles. The normalized spacial score (nSPS) is 15.0. The first-order valence-corrected chi connectivity index (χ1v) is 7.00. The molecule has 0 unspecified atom stereocenters. The van der Waals surface area contributed by atoms with Crippen LogP contribution in [-0.4, -0.2) is 44.1 Å². The molecule has 5 heteroatoms. The van der Waals surface area contributed by atoms with Gasteiger partial charge in [0.05, 0.1) is 13.7 Å². The zero-order chi connectivity index (χ0) is 13.0. The summed E-state index contributed by atoms with van der Waals surface area (Å²) in [4.78, 5) is 11.8. The number of hydrogen-bond donors (Lipinski definition) is 1. The van der Waals surface area contributed by atoms with Crippen LogP contribution in [0.2, 0.25) is 0 Å². The van der Waals surface area contributed by atoms with Crippen molar-refractivity contribution in [3.05, 3.63) is 23.8 Å². The number of carbonyl (C=O) groups is 1. The molecule has 0 aromatic heterocycles. The molecule has 1 heterocycles. The summed E-state index contributed by atoms with van der Waals surface area (Å²) in [6.07, 6.45) is 0.266. The van der Waals surface area contributed by atoms with Crippen molar-refractivity contribution in [1.29, 1.82) is 0 Å². The van der Waals surface area contributed by atoms with Gasteiger partial charge in [0, 0.05) is 17.1 Å². The number of methoxy groups -OCH3 is 1. The molecule has 1 aliphatic heterocycles. The van der Waals surface area contributed by atoms with Crippen molar-refractivity contribution in [2.24, 2.45) is 0 Å². The lowest BCUT2D eigenvalue weighted by Gasteiger charge is -2.26. The monoisotopic (exact) mass is 267 g/mol. The van der Waals surface area contributed by atoms with Gasteiger partial charge in [0.15, 0.2) is 17.3 Å². The van der Waals surface area contributed by atoms with Crippen LogP contribution in [0.15, 0.2) is 18.2 Å². The van der Waals surface area contributed by atoms with Crippen molar-refractivity contribution in [2.45, 2.75) is 6.10 Å². The summed E-state index contributed by atoms with van der Waals surface area (Å²) in [5.74, 6) is 3.41. The molecule has 0 bridgehead atoms. The number of Topliss-reactive ketones (excluding diaryl/α,β-unsaturated/α-hetero) is 1. The van der Waals surface area contributed by atoms with Crippen molar-refractivity contribution in [1.82, 2.24) is 5.32 Å². The Bertz CT molecular complexity index is 432. The number of ether oxygens (including phenoxy) is 2. The van der Waals surface area contributed by atoms with E-state index in [2.05, 4.69) is 5.32 Å². The predicted octanol–water partition coefficient (Wildman–Crippen LogP) is 1.59. The number of ketones is 1. The van der Waals surface area contributed by atoms with Crippen molar-refractivity contribution in [3.8, 4) is 11.5 Å². The average molecular weight is 267 g/mol. The Morgan fingerprint density at radius 2 is 2.22 bits per heavy atom. The van der Waals surface area contributed by atoms with Gasteiger partial charge in [-0.2, -0.15) is 11.8 Å². The highest BCUT2D eigenvalue weighted by molar-refractivity contribution is 8.00. The maximum absolute atomic E-state index is 11.8. The van der Waals surface area contributed by atoms with E-state index in [1.165, 1.54) is 0 Å². The Morgan fingerprint density at radius 3 is 2.78 bits per heavy atom. The van der Waals surface area contributed by atoms with E-state index in [4.69, 9.17) is 9.47 Å². The van der Waals surface area contributed by atoms with Crippen molar-refractivity contribution < 1.29 is 14.3 Å². The molecule has 1 fully saturated rings. The largest absolute Gasteiger partial charge is 0.493 e. The van der Waals surface area contributed by atoms with Crippen LogP contribution in [-0.2, 0) is 0 Å². The minimum absolute atomic E-state index is 0.0431. The Kier molecular flexibility index (Phi) is 4.49. The molecular formula is C13H17NO3S. The van der Waals surface area contributed by atoms with Gasteiger partial charge in [0.25, 0.3) is 0 Å². The molecule has 1 saturated heterocycles. The van der Waals surface area contributed by atoms with Gasteiger partial charge in [0.1, 0.15) is 6.10 Å². The third kappa shape index (κ3) is 2.97. The molecule has 1 N–H and O–H groups in total. The first-order valence-electron chi connectivity index (χ1n) is 5.85. The van der Waals surface area contributed by atoms with Gasteiger partial charge in [-0.3, -0.25) is 4.79 Å². The fourth-order valence-electron chi connectivity index (χ4n) is 1.66. The number of likely N-dealkylation sites (N-methyl/N-ethyl adjacent to an activating group) is 1. The van der Waals surface area contributed by atoms with Gasteiger partial charge in [0.2, 0.25) is 0 Å². The van der Waals surface area contributed by atoms with E-state index in [9.17, 15) is 4.79 Å². The molecular weight excluding hydrogens is 250 g/mol. The van der Waals surface area contributed by atoms with E-state index in [-0.39, 0.29) is 11.9 Å². The van der Waals surface area contributed by atoms with Gasteiger partial charge in [-0.05, 0) is 25.2 Å².